The van der Waals surface area contributed by atoms with E-state index in [0.29, 0.717) is 85.9 Å². The van der Waals surface area contributed by atoms with Crippen LogP contribution in [0.2, 0.25) is 0 Å². The molecule has 0 heterocycles. The van der Waals surface area contributed by atoms with Crippen LogP contribution in [-0.2, 0) is 52.2 Å². The molecule has 0 bridgehead atoms. The van der Waals surface area contributed by atoms with Crippen LogP contribution in [0, 0.1) is 29.1 Å². The molecule has 0 unspecified atom stereocenters. The average molecular weight is 665 g/mol. The summed E-state index contributed by atoms with van der Waals surface area (Å²) in [5.41, 5.74) is 0. The average Bonchev–Trinajstić information content (AvgIpc) is 3.03. The standard InChI is InChI=1S/C28H41F5O12/c1-2-44-21(34)3-5-36-7-9-38-11-13-40-15-17-42-19-20-43-18-16-41-14-12-39-10-8-37-6-4-22(35)45-28-26(32)24(30)23(29)25(31)27(28)33/h2-20H2,1H3. The molecule has 0 aliphatic heterocycles. The van der Waals surface area contributed by atoms with Crippen LogP contribution in [0.25, 0.3) is 0 Å². The zero-order chi connectivity index (χ0) is 33.1. The molecule has 1 rings (SSSR count). The fourth-order valence-electron chi connectivity index (χ4n) is 3.02. The summed E-state index contributed by atoms with van der Waals surface area (Å²) in [5, 5.41) is 0. The highest BCUT2D eigenvalue weighted by Gasteiger charge is 2.28. The summed E-state index contributed by atoms with van der Waals surface area (Å²) in [6.45, 7) is 6.99. The highest BCUT2D eigenvalue weighted by molar-refractivity contribution is 5.72. The Morgan fingerprint density at radius 1 is 0.422 bits per heavy atom. The molecule has 0 saturated heterocycles. The maximum absolute atomic E-state index is 13.5. The topological polar surface area (TPSA) is 126 Å². The van der Waals surface area contributed by atoms with Crippen molar-refractivity contribution in [3.05, 3.63) is 29.1 Å². The molecule has 0 spiro atoms. The van der Waals surface area contributed by atoms with Gasteiger partial charge in [0, 0.05) is 0 Å². The van der Waals surface area contributed by atoms with Crippen LogP contribution in [0.4, 0.5) is 22.0 Å². The van der Waals surface area contributed by atoms with E-state index in [1.54, 1.807) is 6.92 Å². The fourth-order valence-corrected chi connectivity index (χ4v) is 3.02. The summed E-state index contributed by atoms with van der Waals surface area (Å²) in [5.74, 6) is -14.4. The first-order valence-corrected chi connectivity index (χ1v) is 14.3. The van der Waals surface area contributed by atoms with Gasteiger partial charge in [0.15, 0.2) is 0 Å². The Labute approximate surface area is 258 Å². The van der Waals surface area contributed by atoms with Crippen LogP contribution in [0.15, 0.2) is 0 Å². The van der Waals surface area contributed by atoms with E-state index in [9.17, 15) is 31.5 Å². The maximum Gasteiger partial charge on any atom is 0.313 e. The summed E-state index contributed by atoms with van der Waals surface area (Å²) in [4.78, 5) is 22.7. The van der Waals surface area contributed by atoms with E-state index in [1.165, 1.54) is 0 Å². The summed E-state index contributed by atoms with van der Waals surface area (Å²) < 4.78 is 118. The molecule has 17 heteroatoms. The van der Waals surface area contributed by atoms with E-state index in [4.69, 9.17) is 42.6 Å². The first-order chi connectivity index (χ1) is 21.8. The number of hydrogen-bond donors (Lipinski definition) is 0. The Hall–Kier alpha value is -2.51. The third kappa shape index (κ3) is 19.6. The minimum atomic E-state index is -2.35. The van der Waals surface area contributed by atoms with Gasteiger partial charge in [-0.25, -0.2) is 13.2 Å². The number of ether oxygens (including phenoxy) is 10. The van der Waals surface area contributed by atoms with Crippen LogP contribution >= 0.6 is 0 Å². The maximum atomic E-state index is 13.5. The van der Waals surface area contributed by atoms with Gasteiger partial charge in [0.1, 0.15) is 0 Å². The van der Waals surface area contributed by atoms with Gasteiger partial charge in [0.2, 0.25) is 34.8 Å². The number of esters is 2. The number of hydrogen-bond acceptors (Lipinski definition) is 12. The highest BCUT2D eigenvalue weighted by Crippen LogP contribution is 2.29. The lowest BCUT2D eigenvalue weighted by Crippen LogP contribution is -2.16. The summed E-state index contributed by atoms with van der Waals surface area (Å²) in [7, 11) is 0. The molecule has 0 saturated carbocycles. The summed E-state index contributed by atoms with van der Waals surface area (Å²) in [6.07, 6.45) is -0.267. The van der Waals surface area contributed by atoms with E-state index in [1.807, 2.05) is 0 Å². The smallest absolute Gasteiger partial charge is 0.313 e. The molecular formula is C28H41F5O12. The molecule has 0 N–H and O–H groups in total. The molecular weight excluding hydrogens is 623 g/mol. The molecule has 0 aliphatic carbocycles. The van der Waals surface area contributed by atoms with Gasteiger partial charge >= 0.3 is 11.9 Å². The predicted molar refractivity (Wildman–Crippen MR) is 144 cm³/mol. The van der Waals surface area contributed by atoms with Crippen LogP contribution in [-0.4, -0.2) is 124 Å². The predicted octanol–water partition coefficient (Wildman–Crippen LogP) is 2.76. The van der Waals surface area contributed by atoms with Crippen molar-refractivity contribution < 1.29 is 78.9 Å². The first-order valence-electron chi connectivity index (χ1n) is 14.3. The van der Waals surface area contributed by atoms with Crippen molar-refractivity contribution in [3.63, 3.8) is 0 Å². The quantitative estimate of drug-likeness (QED) is 0.0312. The third-order valence-corrected chi connectivity index (χ3v) is 5.20. The fraction of sp³-hybridized carbons (Fsp3) is 0.714. The van der Waals surface area contributed by atoms with Crippen LogP contribution in [0.5, 0.6) is 5.75 Å². The Morgan fingerprint density at radius 2 is 0.689 bits per heavy atom. The van der Waals surface area contributed by atoms with Crippen molar-refractivity contribution in [3.8, 4) is 5.75 Å². The highest BCUT2D eigenvalue weighted by atomic mass is 19.2. The van der Waals surface area contributed by atoms with Gasteiger partial charge in [0.05, 0.1) is 125 Å². The number of halogens is 5. The number of rotatable bonds is 29. The van der Waals surface area contributed by atoms with Crippen molar-refractivity contribution >= 4 is 11.9 Å². The van der Waals surface area contributed by atoms with Gasteiger partial charge in [-0.3, -0.25) is 9.59 Å². The lowest BCUT2D eigenvalue weighted by Gasteiger charge is -2.09. The number of benzene rings is 1. The van der Waals surface area contributed by atoms with Crippen molar-refractivity contribution in [1.29, 1.82) is 0 Å². The van der Waals surface area contributed by atoms with E-state index >= 15 is 0 Å². The second kappa shape index (κ2) is 26.7. The molecule has 260 valence electrons. The van der Waals surface area contributed by atoms with E-state index in [0.717, 1.165) is 0 Å². The summed E-state index contributed by atoms with van der Waals surface area (Å²) in [6, 6.07) is 0. The van der Waals surface area contributed by atoms with Gasteiger partial charge in [0.25, 0.3) is 0 Å². The Morgan fingerprint density at radius 3 is 1.00 bits per heavy atom. The molecule has 0 radical (unpaired) electrons. The normalized spacial score (nSPS) is 11.2. The van der Waals surface area contributed by atoms with E-state index in [-0.39, 0.29) is 38.8 Å². The Balaban J connectivity index is 1.80. The second-order valence-corrected chi connectivity index (χ2v) is 8.58. The van der Waals surface area contributed by atoms with Crippen LogP contribution in [0.3, 0.4) is 0 Å². The largest absolute Gasteiger partial charge is 0.466 e. The molecule has 0 fully saturated rings. The van der Waals surface area contributed by atoms with Gasteiger partial charge in [-0.15, -0.1) is 0 Å². The van der Waals surface area contributed by atoms with E-state index in [2.05, 4.69) is 4.74 Å². The Bertz CT molecular complexity index is 928. The lowest BCUT2D eigenvalue weighted by molar-refractivity contribution is -0.144. The molecule has 1 aromatic rings. The van der Waals surface area contributed by atoms with Crippen LogP contribution < -0.4 is 4.74 Å². The van der Waals surface area contributed by atoms with Crippen molar-refractivity contribution in [2.45, 2.75) is 19.8 Å². The number of carbonyl (C=O) groups excluding carboxylic acids is 2. The van der Waals surface area contributed by atoms with Crippen molar-refractivity contribution in [1.82, 2.24) is 0 Å². The zero-order valence-electron chi connectivity index (χ0n) is 25.2. The first kappa shape index (κ1) is 40.5. The molecule has 0 atom stereocenters. The van der Waals surface area contributed by atoms with Gasteiger partial charge in [-0.2, -0.15) is 8.78 Å². The molecule has 1 aromatic carbocycles. The molecule has 0 amide bonds. The lowest BCUT2D eigenvalue weighted by atomic mass is 10.2. The SMILES string of the molecule is CCOC(=O)CCOCCOCCOCCOCCOCCOCCOCCOCCC(=O)Oc1c(F)c(F)c(F)c(F)c1F. The van der Waals surface area contributed by atoms with Gasteiger partial charge in [-0.05, 0) is 6.92 Å². The summed E-state index contributed by atoms with van der Waals surface area (Å²) >= 11 is 0. The van der Waals surface area contributed by atoms with Crippen LogP contribution in [0.1, 0.15) is 19.8 Å². The van der Waals surface area contributed by atoms with Gasteiger partial charge < -0.3 is 47.4 Å². The third-order valence-electron chi connectivity index (χ3n) is 5.20. The van der Waals surface area contributed by atoms with E-state index < -0.39 is 47.2 Å². The van der Waals surface area contributed by atoms with Gasteiger partial charge in [-0.1, -0.05) is 0 Å². The minimum Gasteiger partial charge on any atom is -0.466 e. The Kier molecular flexibility index (Phi) is 24.0. The molecule has 0 aromatic heterocycles. The minimum absolute atomic E-state index is 0.0775. The van der Waals surface area contributed by atoms with Crippen molar-refractivity contribution in [2.75, 3.05) is 112 Å². The molecule has 12 nitrogen and oxygen atoms in total. The zero-order valence-corrected chi connectivity index (χ0v) is 25.2. The van der Waals surface area contributed by atoms with Crippen molar-refractivity contribution in [2.24, 2.45) is 0 Å². The monoisotopic (exact) mass is 664 g/mol. The molecule has 0 aliphatic rings. The number of carbonyl (C=O) groups is 2. The molecule has 45 heavy (non-hydrogen) atoms. The second-order valence-electron chi connectivity index (χ2n) is 8.58.